The van der Waals surface area contributed by atoms with Crippen molar-refractivity contribution in [3.8, 4) is 11.5 Å². The Morgan fingerprint density at radius 3 is 2.74 bits per heavy atom. The molecule has 1 fully saturated rings. The lowest BCUT2D eigenvalue weighted by atomic mass is 9.83. The first kappa shape index (κ1) is 26.6. The highest BCUT2D eigenvalue weighted by Gasteiger charge is 2.34. The van der Waals surface area contributed by atoms with Crippen LogP contribution in [0.5, 0.6) is 11.5 Å². The molecule has 10 heteroatoms. The number of ether oxygens (including phenoxy) is 2. The van der Waals surface area contributed by atoms with Crippen LogP contribution in [-0.2, 0) is 17.9 Å². The minimum atomic E-state index is -0.885. The summed E-state index contributed by atoms with van der Waals surface area (Å²) in [5.74, 6) is -0.896. The lowest BCUT2D eigenvalue weighted by Gasteiger charge is -2.43. The van der Waals surface area contributed by atoms with Crippen molar-refractivity contribution in [2.75, 3.05) is 26.3 Å². The zero-order valence-corrected chi connectivity index (χ0v) is 21.6. The van der Waals surface area contributed by atoms with Gasteiger partial charge < -0.3 is 14.0 Å². The van der Waals surface area contributed by atoms with Gasteiger partial charge in [0.25, 0.3) is 11.5 Å². The SMILES string of the molecule is CCOc1ccc(C=NNC(=O)COc2ccc(F)cc2F)cc1CN1C[C@H]2C[C@@H](C1)c1cccc(=O)n1C2. The number of nitrogens with one attached hydrogen (secondary N) is 1. The van der Waals surface area contributed by atoms with Crippen molar-refractivity contribution in [3.63, 3.8) is 0 Å². The quantitative estimate of drug-likeness (QED) is 0.333. The Morgan fingerprint density at radius 1 is 1.08 bits per heavy atom. The summed E-state index contributed by atoms with van der Waals surface area (Å²) in [7, 11) is 0. The molecule has 2 atom stereocenters. The first-order valence-corrected chi connectivity index (χ1v) is 13.0. The van der Waals surface area contributed by atoms with Gasteiger partial charge in [0.05, 0.1) is 12.8 Å². The average molecular weight is 537 g/mol. The van der Waals surface area contributed by atoms with Crippen LogP contribution in [0.2, 0.25) is 0 Å². The molecular formula is C29H30F2N4O4. The van der Waals surface area contributed by atoms with Gasteiger partial charge in [0, 0.05) is 55.5 Å². The normalized spacial score (nSPS) is 18.5. The highest BCUT2D eigenvalue weighted by molar-refractivity contribution is 5.83. The number of carbonyl (C=O) groups excluding carboxylic acids is 1. The van der Waals surface area contributed by atoms with Crippen molar-refractivity contribution < 1.29 is 23.0 Å². The minimum Gasteiger partial charge on any atom is -0.494 e. The van der Waals surface area contributed by atoms with Crippen molar-refractivity contribution >= 4 is 12.1 Å². The standard InChI is InChI=1S/C29H30F2N4O4/c1-2-38-26-8-6-19(13-32-33-28(36)18-39-27-9-7-23(30)12-24(27)31)10-22(26)17-34-14-20-11-21(16-34)25-4-3-5-29(37)35(25)15-20/h3-10,12-13,20-21H,2,11,14-18H2,1H3,(H,33,36)/t20-,21+/m1/s1. The van der Waals surface area contributed by atoms with E-state index in [0.29, 0.717) is 31.1 Å². The number of aromatic nitrogens is 1. The van der Waals surface area contributed by atoms with Crippen molar-refractivity contribution in [1.82, 2.24) is 14.9 Å². The number of benzene rings is 2. The summed E-state index contributed by atoms with van der Waals surface area (Å²) in [6.07, 6.45) is 2.60. The monoisotopic (exact) mass is 536 g/mol. The Balaban J connectivity index is 1.22. The molecule has 5 rings (SSSR count). The number of hydrogen-bond donors (Lipinski definition) is 1. The van der Waals surface area contributed by atoms with Gasteiger partial charge in [-0.15, -0.1) is 0 Å². The summed E-state index contributed by atoms with van der Waals surface area (Å²) in [4.78, 5) is 26.8. The molecule has 39 heavy (non-hydrogen) atoms. The number of rotatable bonds is 9. The number of piperidine rings is 1. The van der Waals surface area contributed by atoms with Gasteiger partial charge in [-0.2, -0.15) is 5.10 Å². The van der Waals surface area contributed by atoms with Gasteiger partial charge in [-0.1, -0.05) is 6.07 Å². The molecule has 0 unspecified atom stereocenters. The second kappa shape index (κ2) is 11.8. The Labute approximate surface area is 224 Å². The molecule has 3 heterocycles. The predicted molar refractivity (Wildman–Crippen MR) is 142 cm³/mol. The Bertz CT molecular complexity index is 1440. The van der Waals surface area contributed by atoms with E-state index < -0.39 is 24.1 Å². The summed E-state index contributed by atoms with van der Waals surface area (Å²) in [6.45, 7) is 5.18. The van der Waals surface area contributed by atoms with E-state index in [1.165, 1.54) is 6.21 Å². The molecule has 2 aliphatic heterocycles. The van der Waals surface area contributed by atoms with Gasteiger partial charge in [0.15, 0.2) is 18.2 Å². The average Bonchev–Trinajstić information content (AvgIpc) is 2.90. The summed E-state index contributed by atoms with van der Waals surface area (Å²) < 4.78 is 39.6. The Morgan fingerprint density at radius 2 is 1.92 bits per heavy atom. The van der Waals surface area contributed by atoms with Crippen molar-refractivity contribution in [1.29, 1.82) is 0 Å². The maximum absolute atomic E-state index is 13.7. The fourth-order valence-electron chi connectivity index (χ4n) is 5.41. The molecule has 0 aliphatic carbocycles. The van der Waals surface area contributed by atoms with E-state index >= 15 is 0 Å². The molecule has 1 N–H and O–H groups in total. The van der Waals surface area contributed by atoms with E-state index in [4.69, 9.17) is 9.47 Å². The molecule has 0 saturated carbocycles. The van der Waals surface area contributed by atoms with E-state index in [1.807, 2.05) is 35.8 Å². The van der Waals surface area contributed by atoms with E-state index in [9.17, 15) is 18.4 Å². The van der Waals surface area contributed by atoms with Crippen LogP contribution in [0.25, 0.3) is 0 Å². The smallest absolute Gasteiger partial charge is 0.277 e. The summed E-state index contributed by atoms with van der Waals surface area (Å²) in [6, 6.07) is 14.1. The third-order valence-corrected chi connectivity index (χ3v) is 6.99. The molecule has 1 aromatic heterocycles. The van der Waals surface area contributed by atoms with E-state index in [-0.39, 0.29) is 11.3 Å². The molecule has 0 radical (unpaired) electrons. The fraction of sp³-hybridized carbons (Fsp3) is 0.345. The first-order chi connectivity index (χ1) is 18.9. The number of nitrogens with zero attached hydrogens (tertiary/aromatic N) is 3. The van der Waals surface area contributed by atoms with Crippen molar-refractivity contribution in [2.45, 2.75) is 32.4 Å². The second-order valence-corrected chi connectivity index (χ2v) is 9.85. The van der Waals surface area contributed by atoms with E-state index in [2.05, 4.69) is 21.5 Å². The summed E-state index contributed by atoms with van der Waals surface area (Å²) in [5.41, 5.74) is 5.31. The molecule has 2 bridgehead atoms. The number of pyridine rings is 1. The molecule has 204 valence electrons. The van der Waals surface area contributed by atoms with Gasteiger partial charge in [0.2, 0.25) is 0 Å². The number of carbonyl (C=O) groups is 1. The number of likely N-dealkylation sites (tertiary alicyclic amines) is 1. The summed E-state index contributed by atoms with van der Waals surface area (Å²) in [5, 5.41) is 3.99. The zero-order valence-electron chi connectivity index (χ0n) is 21.6. The minimum absolute atomic E-state index is 0.0718. The topological polar surface area (TPSA) is 85.2 Å². The van der Waals surface area contributed by atoms with Crippen LogP contribution in [-0.4, -0.2) is 47.9 Å². The van der Waals surface area contributed by atoms with E-state index in [0.717, 1.165) is 60.8 Å². The van der Waals surface area contributed by atoms with Gasteiger partial charge in [-0.3, -0.25) is 14.5 Å². The highest BCUT2D eigenvalue weighted by atomic mass is 19.1. The molecular weight excluding hydrogens is 506 g/mol. The third kappa shape index (κ3) is 6.34. The molecule has 8 nitrogen and oxygen atoms in total. The Kier molecular flexibility index (Phi) is 8.02. The second-order valence-electron chi connectivity index (χ2n) is 9.85. The highest BCUT2D eigenvalue weighted by Crippen LogP contribution is 2.36. The van der Waals surface area contributed by atoms with Crippen molar-refractivity contribution in [2.24, 2.45) is 11.0 Å². The van der Waals surface area contributed by atoms with Gasteiger partial charge in [-0.05, 0) is 61.2 Å². The molecule has 1 amide bonds. The van der Waals surface area contributed by atoms with Crippen LogP contribution in [0.1, 0.15) is 36.1 Å². The van der Waals surface area contributed by atoms with Crippen LogP contribution >= 0.6 is 0 Å². The number of hydrogen-bond acceptors (Lipinski definition) is 6. The maximum atomic E-state index is 13.7. The Hall–Kier alpha value is -4.05. The van der Waals surface area contributed by atoms with Gasteiger partial charge >= 0.3 is 0 Å². The molecule has 2 aliphatic rings. The number of amides is 1. The third-order valence-electron chi connectivity index (χ3n) is 6.99. The number of halogens is 2. The summed E-state index contributed by atoms with van der Waals surface area (Å²) >= 11 is 0. The molecule has 1 saturated heterocycles. The number of fused-ring (bicyclic) bond motifs is 4. The van der Waals surface area contributed by atoms with Crippen molar-refractivity contribution in [3.05, 3.63) is 93.4 Å². The van der Waals surface area contributed by atoms with Gasteiger partial charge in [-0.25, -0.2) is 14.2 Å². The predicted octanol–water partition coefficient (Wildman–Crippen LogP) is 3.67. The molecule has 2 aromatic carbocycles. The fourth-order valence-corrected chi connectivity index (χ4v) is 5.41. The maximum Gasteiger partial charge on any atom is 0.277 e. The lowest BCUT2D eigenvalue weighted by Crippen LogP contribution is -2.46. The van der Waals surface area contributed by atoms with Gasteiger partial charge in [0.1, 0.15) is 11.6 Å². The van der Waals surface area contributed by atoms with Crippen LogP contribution in [0.15, 0.2) is 64.5 Å². The van der Waals surface area contributed by atoms with Crippen LogP contribution in [0, 0.1) is 17.6 Å². The lowest BCUT2D eigenvalue weighted by molar-refractivity contribution is -0.123. The molecule has 0 spiro atoms. The number of hydrazone groups is 1. The zero-order chi connectivity index (χ0) is 27.4. The largest absolute Gasteiger partial charge is 0.494 e. The first-order valence-electron chi connectivity index (χ1n) is 13.0. The van der Waals surface area contributed by atoms with E-state index in [1.54, 1.807) is 6.07 Å². The van der Waals surface area contributed by atoms with Crippen LogP contribution < -0.4 is 20.5 Å². The molecule has 3 aromatic rings. The van der Waals surface area contributed by atoms with Crippen LogP contribution in [0.4, 0.5) is 8.78 Å². The van der Waals surface area contributed by atoms with Crippen LogP contribution in [0.3, 0.4) is 0 Å².